The molecule has 0 saturated carbocycles. The van der Waals surface area contributed by atoms with E-state index in [1.54, 1.807) is 30.3 Å². The van der Waals surface area contributed by atoms with Gasteiger partial charge in [-0.3, -0.25) is 14.6 Å². The third-order valence-electron chi connectivity index (χ3n) is 5.69. The highest BCUT2D eigenvalue weighted by Gasteiger charge is 2.39. The molecular formula is C22H22N2O4S. The zero-order valence-electron chi connectivity index (χ0n) is 16.3. The van der Waals surface area contributed by atoms with E-state index in [0.717, 1.165) is 11.1 Å². The lowest BCUT2D eigenvalue weighted by Crippen LogP contribution is -2.46. The van der Waals surface area contributed by atoms with Gasteiger partial charge in [-0.25, -0.2) is 13.3 Å². The number of anilines is 1. The normalized spacial score (nSPS) is 23.6. The Morgan fingerprint density at radius 3 is 2.55 bits per heavy atom. The van der Waals surface area contributed by atoms with Crippen LogP contribution in [-0.2, 0) is 14.6 Å². The molecule has 2 aromatic carbocycles. The van der Waals surface area contributed by atoms with Crippen molar-refractivity contribution in [2.75, 3.05) is 16.4 Å². The van der Waals surface area contributed by atoms with Crippen LogP contribution in [0.5, 0.6) is 0 Å². The Hall–Kier alpha value is -2.80. The van der Waals surface area contributed by atoms with Crippen LogP contribution < -0.4 is 4.90 Å². The first kappa shape index (κ1) is 19.5. The number of aliphatic imine (C=N–C) groups is 1. The molecule has 2 aliphatic heterocycles. The highest BCUT2D eigenvalue weighted by molar-refractivity contribution is 7.91. The summed E-state index contributed by atoms with van der Waals surface area (Å²) in [5.74, 6) is -1.32. The lowest BCUT2D eigenvalue weighted by Gasteiger charge is -2.32. The van der Waals surface area contributed by atoms with Gasteiger partial charge < -0.3 is 0 Å². The minimum absolute atomic E-state index is 0.00565. The van der Waals surface area contributed by atoms with Gasteiger partial charge in [0.2, 0.25) is 5.91 Å². The number of rotatable bonds is 3. The van der Waals surface area contributed by atoms with E-state index in [4.69, 9.17) is 0 Å². The van der Waals surface area contributed by atoms with Gasteiger partial charge in [-0.15, -0.1) is 0 Å². The topological polar surface area (TPSA) is 83.9 Å². The summed E-state index contributed by atoms with van der Waals surface area (Å²) >= 11 is 0. The molecule has 7 heteroatoms. The molecule has 29 heavy (non-hydrogen) atoms. The van der Waals surface area contributed by atoms with E-state index >= 15 is 0 Å². The molecule has 2 heterocycles. The SMILES string of the molecule is Cc1cccc(N2C(=O)c3ccccc3[C@H](C=N[C@H]3CCS(=O)(=O)C3)C2=O)c1C. The van der Waals surface area contributed by atoms with Crippen LogP contribution in [0, 0.1) is 13.8 Å². The smallest absolute Gasteiger partial charge is 0.265 e. The number of sulfone groups is 1. The number of fused-ring (bicyclic) bond motifs is 1. The number of amides is 2. The van der Waals surface area contributed by atoms with Crippen molar-refractivity contribution in [2.24, 2.45) is 4.99 Å². The molecule has 0 N–H and O–H groups in total. The second kappa shape index (κ2) is 7.22. The van der Waals surface area contributed by atoms with E-state index in [-0.39, 0.29) is 29.4 Å². The quantitative estimate of drug-likeness (QED) is 0.575. The van der Waals surface area contributed by atoms with Crippen LogP contribution in [0.4, 0.5) is 5.69 Å². The van der Waals surface area contributed by atoms with E-state index in [1.165, 1.54) is 11.1 Å². The van der Waals surface area contributed by atoms with Crippen LogP contribution in [0.25, 0.3) is 0 Å². The third-order valence-corrected chi connectivity index (χ3v) is 7.44. The van der Waals surface area contributed by atoms with Crippen LogP contribution >= 0.6 is 0 Å². The molecule has 1 saturated heterocycles. The van der Waals surface area contributed by atoms with Crippen molar-refractivity contribution >= 4 is 33.6 Å². The van der Waals surface area contributed by atoms with Crippen LogP contribution in [-0.4, -0.2) is 44.0 Å². The molecule has 4 rings (SSSR count). The van der Waals surface area contributed by atoms with Gasteiger partial charge in [0.1, 0.15) is 0 Å². The molecular weight excluding hydrogens is 388 g/mol. The van der Waals surface area contributed by atoms with Crippen molar-refractivity contribution < 1.29 is 18.0 Å². The second-order valence-corrected chi connectivity index (χ2v) is 9.85. The van der Waals surface area contributed by atoms with Gasteiger partial charge in [-0.2, -0.15) is 0 Å². The average Bonchev–Trinajstić information content (AvgIpc) is 3.04. The summed E-state index contributed by atoms with van der Waals surface area (Å²) in [6.07, 6.45) is 1.98. The molecule has 0 radical (unpaired) electrons. The zero-order valence-corrected chi connectivity index (χ0v) is 17.1. The number of carbonyl (C=O) groups excluding carboxylic acids is 2. The molecule has 0 aliphatic carbocycles. The fraction of sp³-hybridized carbons (Fsp3) is 0.318. The third kappa shape index (κ3) is 3.51. The fourth-order valence-corrected chi connectivity index (χ4v) is 5.54. The minimum Gasteiger partial charge on any atom is -0.292 e. The largest absolute Gasteiger partial charge is 0.292 e. The number of hydrogen-bond acceptors (Lipinski definition) is 5. The maximum Gasteiger partial charge on any atom is 0.265 e. The Morgan fingerprint density at radius 1 is 1.07 bits per heavy atom. The molecule has 150 valence electrons. The second-order valence-electron chi connectivity index (χ2n) is 7.62. The van der Waals surface area contributed by atoms with Crippen LogP contribution in [0.3, 0.4) is 0 Å². The summed E-state index contributed by atoms with van der Waals surface area (Å²) in [5.41, 5.74) is 3.49. The Balaban J connectivity index is 1.77. The summed E-state index contributed by atoms with van der Waals surface area (Å²) in [7, 11) is -3.06. The Bertz CT molecular complexity index is 1140. The Labute approximate surface area is 170 Å². The highest BCUT2D eigenvalue weighted by Crippen LogP contribution is 2.34. The molecule has 6 nitrogen and oxygen atoms in total. The number of hydrogen-bond donors (Lipinski definition) is 0. The number of nitrogens with zero attached hydrogens (tertiary/aromatic N) is 2. The molecule has 1 fully saturated rings. The van der Waals surface area contributed by atoms with Crippen molar-refractivity contribution in [3.63, 3.8) is 0 Å². The van der Waals surface area contributed by atoms with Crippen LogP contribution in [0.15, 0.2) is 47.5 Å². The summed E-state index contributed by atoms with van der Waals surface area (Å²) in [6, 6.07) is 12.2. The number of benzene rings is 2. The predicted octanol–water partition coefficient (Wildman–Crippen LogP) is 2.83. The lowest BCUT2D eigenvalue weighted by atomic mass is 9.88. The van der Waals surface area contributed by atoms with Gasteiger partial charge in [0.25, 0.3) is 5.91 Å². The highest BCUT2D eigenvalue weighted by atomic mass is 32.2. The van der Waals surface area contributed by atoms with E-state index in [0.29, 0.717) is 23.2 Å². The maximum atomic E-state index is 13.4. The first-order valence-electron chi connectivity index (χ1n) is 9.55. The molecule has 0 aromatic heterocycles. The lowest BCUT2D eigenvalue weighted by molar-refractivity contribution is -0.118. The van der Waals surface area contributed by atoms with E-state index < -0.39 is 15.8 Å². The predicted molar refractivity (Wildman–Crippen MR) is 112 cm³/mol. The monoisotopic (exact) mass is 410 g/mol. The number of imide groups is 1. The van der Waals surface area contributed by atoms with Gasteiger partial charge >= 0.3 is 0 Å². The molecule has 0 unspecified atom stereocenters. The minimum atomic E-state index is -3.06. The average molecular weight is 410 g/mol. The summed E-state index contributed by atoms with van der Waals surface area (Å²) in [6.45, 7) is 3.82. The van der Waals surface area contributed by atoms with E-state index in [1.807, 2.05) is 26.0 Å². The maximum absolute atomic E-state index is 13.4. The molecule has 2 amide bonds. The molecule has 2 aromatic rings. The number of aryl methyl sites for hydroxylation is 1. The van der Waals surface area contributed by atoms with E-state index in [9.17, 15) is 18.0 Å². The van der Waals surface area contributed by atoms with Crippen molar-refractivity contribution in [1.82, 2.24) is 0 Å². The standard InChI is InChI=1S/C22H22N2O4S/c1-14-6-5-9-20(15(14)2)24-21(25)18-8-4-3-7-17(18)19(22(24)26)12-23-16-10-11-29(27,28)13-16/h3-9,12,16,19H,10-11,13H2,1-2H3/t16-,19-/m0/s1. The van der Waals surface area contributed by atoms with Crippen LogP contribution in [0.2, 0.25) is 0 Å². The van der Waals surface area contributed by atoms with Gasteiger partial charge in [0.05, 0.1) is 29.2 Å². The summed E-state index contributed by atoms with van der Waals surface area (Å²) < 4.78 is 23.4. The molecule has 0 spiro atoms. The van der Waals surface area contributed by atoms with Gasteiger partial charge in [0, 0.05) is 11.8 Å². The molecule has 0 bridgehead atoms. The van der Waals surface area contributed by atoms with Crippen LogP contribution in [0.1, 0.15) is 39.4 Å². The fourth-order valence-electron chi connectivity index (χ4n) is 3.91. The van der Waals surface area contributed by atoms with Gasteiger partial charge in [-0.1, -0.05) is 30.3 Å². The Kier molecular flexibility index (Phi) is 4.86. The summed E-state index contributed by atoms with van der Waals surface area (Å²) in [4.78, 5) is 32.2. The van der Waals surface area contributed by atoms with Gasteiger partial charge in [0.15, 0.2) is 9.84 Å². The zero-order chi connectivity index (χ0) is 20.8. The molecule has 2 atom stereocenters. The Morgan fingerprint density at radius 2 is 1.83 bits per heavy atom. The first-order valence-corrected chi connectivity index (χ1v) is 11.4. The first-order chi connectivity index (χ1) is 13.8. The number of carbonyl (C=O) groups is 2. The van der Waals surface area contributed by atoms with Crippen molar-refractivity contribution in [3.8, 4) is 0 Å². The van der Waals surface area contributed by atoms with Crippen molar-refractivity contribution in [3.05, 3.63) is 64.7 Å². The van der Waals surface area contributed by atoms with Crippen molar-refractivity contribution in [2.45, 2.75) is 32.2 Å². The van der Waals surface area contributed by atoms with E-state index in [2.05, 4.69) is 4.99 Å². The van der Waals surface area contributed by atoms with Gasteiger partial charge in [-0.05, 0) is 49.1 Å². The summed E-state index contributed by atoms with van der Waals surface area (Å²) in [5, 5.41) is 0. The molecule has 2 aliphatic rings. The van der Waals surface area contributed by atoms with Crippen molar-refractivity contribution in [1.29, 1.82) is 0 Å².